The molecule has 0 aliphatic rings. The van der Waals surface area contributed by atoms with Crippen LogP contribution >= 0.6 is 14.3 Å². The maximum absolute atomic E-state index is 14.0. The molecule has 0 amide bonds. The quantitative estimate of drug-likeness (QED) is 0.117. The Morgan fingerprint density at radius 1 is 0.545 bits per heavy atom. The largest absolute Gasteiger partial charge is 0.493 e. The minimum atomic E-state index is -2.66. The number of nitrogens with one attached hydrogen (secondary N) is 2. The Balaban J connectivity index is 1.72. The van der Waals surface area contributed by atoms with Crippen LogP contribution in [-0.2, 0) is 22.2 Å². The zero-order chi connectivity index (χ0) is 41.3. The lowest BCUT2D eigenvalue weighted by Gasteiger charge is -2.40. The number of hydrogen-bond donors (Lipinski definition) is 2. The second-order valence-electron chi connectivity index (χ2n) is 19.2. The molecule has 1 unspecified atom stereocenters. The SMILES string of the molecule is CCCCC(CC)COc1cc(CNc2ccc(OCP(=O)(C(C)(C)C)C(C)(C)C)cc2)cc(CNc2ccc(OCP(=O)(C(C)(C)C)C(C)(C)C)cc2)c1. The minimum Gasteiger partial charge on any atom is -0.493 e. The molecule has 0 spiro atoms. The summed E-state index contributed by atoms with van der Waals surface area (Å²) < 4.78 is 46.8. The molecule has 9 heteroatoms. The molecule has 0 fully saturated rings. The minimum absolute atomic E-state index is 0.212. The van der Waals surface area contributed by atoms with Gasteiger partial charge in [-0.15, -0.1) is 0 Å². The lowest BCUT2D eigenvalue weighted by molar-refractivity contribution is 0.233. The van der Waals surface area contributed by atoms with E-state index >= 15 is 0 Å². The maximum Gasteiger partial charge on any atom is 0.142 e. The van der Waals surface area contributed by atoms with Crippen LogP contribution in [0.2, 0.25) is 0 Å². The highest BCUT2D eigenvalue weighted by atomic mass is 31.2. The summed E-state index contributed by atoms with van der Waals surface area (Å²) in [6, 6.07) is 22.3. The highest BCUT2D eigenvalue weighted by Crippen LogP contribution is 2.67. The van der Waals surface area contributed by atoms with Gasteiger partial charge in [0.05, 0.1) is 6.61 Å². The summed E-state index contributed by atoms with van der Waals surface area (Å²) in [7, 11) is -5.33. The van der Waals surface area contributed by atoms with E-state index in [-0.39, 0.29) is 33.3 Å². The molecule has 2 N–H and O–H groups in total. The summed E-state index contributed by atoms with van der Waals surface area (Å²) in [5.74, 6) is 2.84. The Morgan fingerprint density at radius 2 is 0.927 bits per heavy atom. The van der Waals surface area contributed by atoms with Crippen molar-refractivity contribution in [1.82, 2.24) is 0 Å². The number of hydrogen-bond acceptors (Lipinski definition) is 7. The van der Waals surface area contributed by atoms with Gasteiger partial charge < -0.3 is 34.0 Å². The molecule has 0 aromatic heterocycles. The Labute approximate surface area is 335 Å². The van der Waals surface area contributed by atoms with Crippen LogP contribution in [0.25, 0.3) is 0 Å². The number of unbranched alkanes of at least 4 members (excludes halogenated alkanes) is 1. The van der Waals surface area contributed by atoms with Crippen LogP contribution in [0, 0.1) is 5.92 Å². The van der Waals surface area contributed by atoms with Crippen LogP contribution in [0.1, 0.15) is 134 Å². The highest BCUT2D eigenvalue weighted by molar-refractivity contribution is 7.67. The van der Waals surface area contributed by atoms with Crippen molar-refractivity contribution < 1.29 is 23.3 Å². The van der Waals surface area contributed by atoms with E-state index in [1.54, 1.807) is 0 Å². The van der Waals surface area contributed by atoms with Crippen molar-refractivity contribution >= 4 is 25.7 Å². The van der Waals surface area contributed by atoms with E-state index in [0.29, 0.717) is 37.1 Å². The molecule has 0 bridgehead atoms. The molecule has 3 aromatic rings. The zero-order valence-electron chi connectivity index (χ0n) is 36.7. The number of benzene rings is 3. The van der Waals surface area contributed by atoms with Crippen LogP contribution in [0.4, 0.5) is 11.4 Å². The van der Waals surface area contributed by atoms with E-state index in [1.165, 1.54) is 19.3 Å². The first-order valence-electron chi connectivity index (χ1n) is 20.3. The van der Waals surface area contributed by atoms with Gasteiger partial charge in [-0.05, 0) is 84.1 Å². The van der Waals surface area contributed by atoms with E-state index in [0.717, 1.165) is 34.7 Å². The van der Waals surface area contributed by atoms with Gasteiger partial charge in [-0.25, -0.2) is 0 Å². The van der Waals surface area contributed by atoms with Crippen LogP contribution in [0.5, 0.6) is 17.2 Å². The molecular weight excluding hydrogens is 722 g/mol. The normalized spacial score (nSPS) is 13.6. The van der Waals surface area contributed by atoms with Crippen LogP contribution in [0.3, 0.4) is 0 Å². The molecule has 0 heterocycles. The van der Waals surface area contributed by atoms with Gasteiger partial charge in [0.2, 0.25) is 0 Å². The number of ether oxygens (including phenoxy) is 3. The van der Waals surface area contributed by atoms with Crippen LogP contribution in [-0.4, -0.2) is 39.9 Å². The first-order valence-corrected chi connectivity index (χ1v) is 24.1. The second kappa shape index (κ2) is 19.0. The van der Waals surface area contributed by atoms with Gasteiger partial charge in [0.1, 0.15) is 44.2 Å². The molecule has 0 radical (unpaired) electrons. The molecule has 0 saturated heterocycles. The standard InChI is InChI=1S/C46H74N2O5P2/c1-15-17-18-35(16-2)32-51-42-28-36(30-47-38-19-23-40(24-20-38)52-33-54(49,43(3,4)5)44(6,7)8)27-37(29-42)31-48-39-21-25-41(26-22-39)53-34-55(50,45(9,10)11)46(12,13)14/h19-29,35,47-48H,15-18,30-34H2,1-14H3. The fourth-order valence-corrected chi connectivity index (χ4v) is 13.2. The lowest BCUT2D eigenvalue weighted by Crippen LogP contribution is -2.31. The van der Waals surface area contributed by atoms with Crippen molar-refractivity contribution in [2.24, 2.45) is 5.92 Å². The molecule has 3 rings (SSSR count). The summed E-state index contributed by atoms with van der Waals surface area (Å²) in [6.07, 6.45) is 5.11. The fourth-order valence-electron chi connectivity index (χ4n) is 6.99. The Bertz CT molecular complexity index is 1580. The van der Waals surface area contributed by atoms with E-state index in [9.17, 15) is 9.13 Å². The van der Waals surface area contributed by atoms with Gasteiger partial charge in [-0.1, -0.05) is 122 Å². The molecule has 1 atom stereocenters. The van der Waals surface area contributed by atoms with Crippen molar-refractivity contribution in [2.45, 2.75) is 156 Å². The lowest BCUT2D eigenvalue weighted by atomic mass is 10.0. The van der Waals surface area contributed by atoms with Gasteiger partial charge in [-0.3, -0.25) is 0 Å². The first kappa shape index (κ1) is 46.5. The predicted molar refractivity (Wildman–Crippen MR) is 238 cm³/mol. The monoisotopic (exact) mass is 797 g/mol. The summed E-state index contributed by atoms with van der Waals surface area (Å²) in [4.78, 5) is 0. The summed E-state index contributed by atoms with van der Waals surface area (Å²) in [5.41, 5.74) is 4.20. The maximum atomic E-state index is 14.0. The van der Waals surface area contributed by atoms with E-state index in [2.05, 4.69) is 42.7 Å². The van der Waals surface area contributed by atoms with Gasteiger partial charge >= 0.3 is 0 Å². The second-order valence-corrected chi connectivity index (χ2v) is 28.0. The van der Waals surface area contributed by atoms with Crippen molar-refractivity contribution in [3.63, 3.8) is 0 Å². The van der Waals surface area contributed by atoms with Gasteiger partial charge in [-0.2, -0.15) is 0 Å². The smallest absolute Gasteiger partial charge is 0.142 e. The van der Waals surface area contributed by atoms with Crippen molar-refractivity contribution in [2.75, 3.05) is 29.9 Å². The van der Waals surface area contributed by atoms with Crippen LogP contribution in [0.15, 0.2) is 66.7 Å². The predicted octanol–water partition coefficient (Wildman–Crippen LogP) is 14.1. The third-order valence-electron chi connectivity index (χ3n) is 10.9. The fraction of sp³-hybridized carbons (Fsp3) is 0.609. The van der Waals surface area contributed by atoms with Gasteiger partial charge in [0.15, 0.2) is 0 Å². The average Bonchev–Trinajstić information content (AvgIpc) is 3.10. The van der Waals surface area contributed by atoms with Crippen molar-refractivity contribution in [3.8, 4) is 17.2 Å². The molecule has 3 aromatic carbocycles. The van der Waals surface area contributed by atoms with Crippen molar-refractivity contribution in [3.05, 3.63) is 77.9 Å². The number of rotatable bonds is 19. The summed E-state index contributed by atoms with van der Waals surface area (Å²) in [6.45, 7) is 31.0. The average molecular weight is 797 g/mol. The summed E-state index contributed by atoms with van der Waals surface area (Å²) >= 11 is 0. The molecule has 0 saturated carbocycles. The molecule has 0 aliphatic heterocycles. The Morgan fingerprint density at radius 3 is 1.25 bits per heavy atom. The molecule has 7 nitrogen and oxygen atoms in total. The topological polar surface area (TPSA) is 85.9 Å². The first-order chi connectivity index (χ1) is 25.4. The third kappa shape index (κ3) is 12.8. The molecule has 55 heavy (non-hydrogen) atoms. The van der Waals surface area contributed by atoms with Crippen LogP contribution < -0.4 is 24.8 Å². The molecule has 308 valence electrons. The van der Waals surface area contributed by atoms with E-state index < -0.39 is 14.3 Å². The zero-order valence-corrected chi connectivity index (χ0v) is 38.5. The third-order valence-corrected chi connectivity index (χ3v) is 20.6. The summed E-state index contributed by atoms with van der Waals surface area (Å²) in [5, 5.41) is 5.74. The molecule has 0 aliphatic carbocycles. The van der Waals surface area contributed by atoms with Gasteiger partial charge in [0.25, 0.3) is 0 Å². The van der Waals surface area contributed by atoms with Crippen molar-refractivity contribution in [1.29, 1.82) is 0 Å². The van der Waals surface area contributed by atoms with E-state index in [4.69, 9.17) is 14.2 Å². The highest BCUT2D eigenvalue weighted by Gasteiger charge is 2.47. The Kier molecular flexibility index (Phi) is 16.1. The Hall–Kier alpha value is -2.88. The number of anilines is 2. The van der Waals surface area contributed by atoms with E-state index in [1.807, 2.05) is 132 Å². The molecular formula is C46H74N2O5P2. The van der Waals surface area contributed by atoms with Gasteiger partial charge in [0, 0.05) is 45.1 Å².